The molecule has 0 bridgehead atoms. The fourth-order valence-electron chi connectivity index (χ4n) is 3.04. The number of rotatable bonds is 9. The largest absolute Gasteiger partial charge is 0.497 e. The summed E-state index contributed by atoms with van der Waals surface area (Å²) < 4.78 is 5.18. The van der Waals surface area contributed by atoms with E-state index >= 15 is 0 Å². The fourth-order valence-corrected chi connectivity index (χ4v) is 3.75. The number of nitrogens with zero attached hydrogens (tertiary/aromatic N) is 1. The predicted molar refractivity (Wildman–Crippen MR) is 112 cm³/mol. The second kappa shape index (κ2) is 10.1. The molecule has 2 aromatic carbocycles. The number of carbonyl (C=O) groups is 1. The Bertz CT molecular complexity index is 847. The van der Waals surface area contributed by atoms with Crippen LogP contribution >= 0.6 is 11.3 Å². The zero-order chi connectivity index (χ0) is 19.8. The maximum atomic E-state index is 12.9. The molecule has 1 aromatic heterocycles. The van der Waals surface area contributed by atoms with Gasteiger partial charge < -0.3 is 14.7 Å². The molecule has 1 N–H and O–H groups in total. The molecule has 28 heavy (non-hydrogen) atoms. The lowest BCUT2D eigenvalue weighted by atomic mass is 10.1. The van der Waals surface area contributed by atoms with Crippen molar-refractivity contribution in [1.29, 1.82) is 0 Å². The number of benzene rings is 2. The molecule has 3 aromatic rings. The molecule has 0 saturated carbocycles. The van der Waals surface area contributed by atoms with E-state index in [4.69, 9.17) is 4.74 Å². The highest BCUT2D eigenvalue weighted by Crippen LogP contribution is 2.20. The Hall–Kier alpha value is -2.63. The number of aliphatic hydroxyl groups is 1. The highest BCUT2D eigenvalue weighted by Gasteiger charge is 2.19. The highest BCUT2D eigenvalue weighted by atomic mass is 32.1. The van der Waals surface area contributed by atoms with E-state index in [0.717, 1.165) is 22.4 Å². The lowest BCUT2D eigenvalue weighted by Crippen LogP contribution is -2.34. The summed E-state index contributed by atoms with van der Waals surface area (Å²) in [6, 6.07) is 19.6. The van der Waals surface area contributed by atoms with Gasteiger partial charge in [-0.1, -0.05) is 42.5 Å². The van der Waals surface area contributed by atoms with Crippen molar-refractivity contribution < 1.29 is 14.6 Å². The van der Waals surface area contributed by atoms with Gasteiger partial charge in [0.1, 0.15) is 5.75 Å². The van der Waals surface area contributed by atoms with Crippen molar-refractivity contribution in [1.82, 2.24) is 4.90 Å². The zero-order valence-electron chi connectivity index (χ0n) is 16.0. The first kappa shape index (κ1) is 20.1. The van der Waals surface area contributed by atoms with Crippen LogP contribution in [0.3, 0.4) is 0 Å². The van der Waals surface area contributed by atoms with Crippen LogP contribution in [0.4, 0.5) is 0 Å². The van der Waals surface area contributed by atoms with Crippen molar-refractivity contribution in [3.8, 4) is 5.75 Å². The quantitative estimate of drug-likeness (QED) is 0.582. The topological polar surface area (TPSA) is 49.8 Å². The molecule has 146 valence electrons. The molecule has 0 unspecified atom stereocenters. The molecule has 0 spiro atoms. The SMILES string of the molecule is COc1ccc(CCC(=O)N(Cc2ccccc2)C[C@H](O)c2ccsc2)cc1. The Labute approximate surface area is 170 Å². The van der Waals surface area contributed by atoms with Crippen molar-refractivity contribution >= 4 is 17.2 Å². The third-order valence-corrected chi connectivity index (χ3v) is 5.38. The van der Waals surface area contributed by atoms with Gasteiger partial charge in [-0.15, -0.1) is 0 Å². The number of methoxy groups -OCH3 is 1. The first-order chi connectivity index (χ1) is 13.7. The van der Waals surface area contributed by atoms with Crippen molar-refractivity contribution in [3.63, 3.8) is 0 Å². The maximum Gasteiger partial charge on any atom is 0.223 e. The molecule has 1 amide bonds. The average Bonchev–Trinajstić information content (AvgIpc) is 3.28. The summed E-state index contributed by atoms with van der Waals surface area (Å²) in [6.07, 6.45) is 0.373. The average molecular weight is 396 g/mol. The molecule has 0 fully saturated rings. The van der Waals surface area contributed by atoms with E-state index in [-0.39, 0.29) is 12.5 Å². The van der Waals surface area contributed by atoms with Crippen LogP contribution in [0.1, 0.15) is 29.2 Å². The van der Waals surface area contributed by atoms with Gasteiger partial charge in [0.25, 0.3) is 0 Å². The second-order valence-corrected chi connectivity index (χ2v) is 7.46. The van der Waals surface area contributed by atoms with Crippen LogP contribution in [0.25, 0.3) is 0 Å². The van der Waals surface area contributed by atoms with Crippen LogP contribution in [0.5, 0.6) is 5.75 Å². The third-order valence-electron chi connectivity index (χ3n) is 4.68. The van der Waals surface area contributed by atoms with Crippen molar-refractivity contribution in [2.24, 2.45) is 0 Å². The molecule has 0 aliphatic heterocycles. The minimum Gasteiger partial charge on any atom is -0.497 e. The van der Waals surface area contributed by atoms with Crippen molar-refractivity contribution in [2.75, 3.05) is 13.7 Å². The maximum absolute atomic E-state index is 12.9. The van der Waals surface area contributed by atoms with Gasteiger partial charge in [-0.3, -0.25) is 4.79 Å². The molecule has 0 saturated heterocycles. The minimum atomic E-state index is -0.681. The first-order valence-corrected chi connectivity index (χ1v) is 10.2. The van der Waals surface area contributed by atoms with Gasteiger partial charge in [-0.2, -0.15) is 11.3 Å². The number of hydrogen-bond acceptors (Lipinski definition) is 4. The number of aryl methyl sites for hydroxylation is 1. The number of ether oxygens (including phenoxy) is 1. The number of amides is 1. The van der Waals surface area contributed by atoms with Crippen LogP contribution in [0.15, 0.2) is 71.4 Å². The van der Waals surface area contributed by atoms with Crippen LogP contribution < -0.4 is 4.74 Å². The van der Waals surface area contributed by atoms with Gasteiger partial charge in [0, 0.05) is 13.0 Å². The lowest BCUT2D eigenvalue weighted by Gasteiger charge is -2.25. The molecule has 0 radical (unpaired) electrons. The van der Waals surface area contributed by atoms with E-state index < -0.39 is 6.10 Å². The molecule has 0 aliphatic rings. The number of aliphatic hydroxyl groups excluding tert-OH is 1. The summed E-state index contributed by atoms with van der Waals surface area (Å²) in [7, 11) is 1.64. The minimum absolute atomic E-state index is 0.0361. The van der Waals surface area contributed by atoms with Crippen LogP contribution in [0, 0.1) is 0 Å². The van der Waals surface area contributed by atoms with Crippen LogP contribution in [-0.4, -0.2) is 29.6 Å². The molecule has 4 nitrogen and oxygen atoms in total. The Kier molecular flexibility index (Phi) is 7.23. The van der Waals surface area contributed by atoms with E-state index in [1.54, 1.807) is 23.3 Å². The number of hydrogen-bond donors (Lipinski definition) is 1. The monoisotopic (exact) mass is 395 g/mol. The van der Waals surface area contributed by atoms with Gasteiger partial charge >= 0.3 is 0 Å². The van der Waals surface area contributed by atoms with Gasteiger partial charge in [0.15, 0.2) is 0 Å². The normalized spacial score (nSPS) is 11.8. The number of thiophene rings is 1. The van der Waals surface area contributed by atoms with E-state index in [1.807, 2.05) is 71.4 Å². The van der Waals surface area contributed by atoms with Crippen LogP contribution in [-0.2, 0) is 17.8 Å². The van der Waals surface area contributed by atoms with Crippen LogP contribution in [0.2, 0.25) is 0 Å². The Morgan fingerprint density at radius 1 is 1.07 bits per heavy atom. The summed E-state index contributed by atoms with van der Waals surface area (Å²) in [6.45, 7) is 0.774. The predicted octanol–water partition coefficient (Wildman–Crippen LogP) is 4.45. The van der Waals surface area contributed by atoms with E-state index in [2.05, 4.69) is 0 Å². The van der Waals surface area contributed by atoms with E-state index in [1.165, 1.54) is 0 Å². The van der Waals surface area contributed by atoms with Gasteiger partial charge in [-0.05, 0) is 52.1 Å². The smallest absolute Gasteiger partial charge is 0.223 e. The molecular weight excluding hydrogens is 370 g/mol. The molecule has 5 heteroatoms. The Morgan fingerprint density at radius 3 is 2.46 bits per heavy atom. The molecular formula is C23H25NO3S. The summed E-state index contributed by atoms with van der Waals surface area (Å²) in [4.78, 5) is 14.7. The van der Waals surface area contributed by atoms with Gasteiger partial charge in [-0.25, -0.2) is 0 Å². The standard InChI is InChI=1S/C23H25NO3S/c1-27-21-10-7-18(8-11-21)9-12-23(26)24(15-19-5-3-2-4-6-19)16-22(25)20-13-14-28-17-20/h2-8,10-11,13-14,17,22,25H,9,12,15-16H2,1H3/t22-/m0/s1. The van der Waals surface area contributed by atoms with E-state index in [0.29, 0.717) is 19.4 Å². The van der Waals surface area contributed by atoms with Gasteiger partial charge in [0.2, 0.25) is 5.91 Å². The second-order valence-electron chi connectivity index (χ2n) is 6.68. The molecule has 1 heterocycles. The van der Waals surface area contributed by atoms with Crippen molar-refractivity contribution in [2.45, 2.75) is 25.5 Å². The van der Waals surface area contributed by atoms with Crippen molar-refractivity contribution in [3.05, 3.63) is 88.1 Å². The molecule has 0 aliphatic carbocycles. The fraction of sp³-hybridized carbons (Fsp3) is 0.261. The zero-order valence-corrected chi connectivity index (χ0v) is 16.8. The molecule has 1 atom stereocenters. The van der Waals surface area contributed by atoms with E-state index in [9.17, 15) is 9.90 Å². The Balaban J connectivity index is 1.66. The summed E-state index contributed by atoms with van der Waals surface area (Å²) in [5.41, 5.74) is 3.00. The summed E-state index contributed by atoms with van der Waals surface area (Å²) in [5.74, 6) is 0.841. The Morgan fingerprint density at radius 2 is 1.82 bits per heavy atom. The number of carbonyl (C=O) groups excluding carboxylic acids is 1. The summed E-state index contributed by atoms with van der Waals surface area (Å²) >= 11 is 1.54. The third kappa shape index (κ3) is 5.68. The summed E-state index contributed by atoms with van der Waals surface area (Å²) in [5, 5.41) is 14.4. The van der Waals surface area contributed by atoms with Gasteiger partial charge in [0.05, 0.1) is 19.8 Å². The lowest BCUT2D eigenvalue weighted by molar-refractivity contribution is -0.133. The molecule has 3 rings (SSSR count). The highest BCUT2D eigenvalue weighted by molar-refractivity contribution is 7.07. The first-order valence-electron chi connectivity index (χ1n) is 9.30.